The number of nitrogens with zero attached hydrogens (tertiary/aromatic N) is 3. The summed E-state index contributed by atoms with van der Waals surface area (Å²) in [5.41, 5.74) is 0.399. The van der Waals surface area contributed by atoms with Crippen LogP contribution in [-0.2, 0) is 9.59 Å². The summed E-state index contributed by atoms with van der Waals surface area (Å²) in [5.74, 6) is -2.56. The van der Waals surface area contributed by atoms with Gasteiger partial charge in [0.15, 0.2) is 0 Å². The maximum absolute atomic E-state index is 15.1. The number of imide groups is 2. The second-order valence-electron chi connectivity index (χ2n) is 9.82. The summed E-state index contributed by atoms with van der Waals surface area (Å²) in [6.45, 7) is 4.38. The lowest BCUT2D eigenvalue weighted by atomic mass is 10.0. The van der Waals surface area contributed by atoms with Crippen LogP contribution in [-0.4, -0.2) is 85.3 Å². The maximum atomic E-state index is 15.1. The number of rotatable bonds is 5. The van der Waals surface area contributed by atoms with E-state index in [4.69, 9.17) is 0 Å². The number of piperidine rings is 2. The fourth-order valence-corrected chi connectivity index (χ4v) is 5.73. The quantitative estimate of drug-likeness (QED) is 0.611. The van der Waals surface area contributed by atoms with Crippen LogP contribution in [0.5, 0.6) is 0 Å². The van der Waals surface area contributed by atoms with Crippen molar-refractivity contribution in [2.75, 3.05) is 44.7 Å². The summed E-state index contributed by atoms with van der Waals surface area (Å²) in [6.07, 6.45) is 3.31. The Hall–Kier alpha value is -2.85. The maximum Gasteiger partial charge on any atom is 0.262 e. The molecule has 0 radical (unpaired) electrons. The van der Waals surface area contributed by atoms with Gasteiger partial charge in [-0.1, -0.05) is 0 Å². The third-order valence-corrected chi connectivity index (χ3v) is 7.61. The SMILES string of the molecule is CN(C[C@@H]1CCN(c2cc3c(cc2F)C(=O)N(C2CCC(=O)NC2=O)C3=O)C1)C1CCNCC1. The fourth-order valence-electron chi connectivity index (χ4n) is 5.73. The number of anilines is 1. The van der Waals surface area contributed by atoms with Crippen molar-refractivity contribution in [1.29, 1.82) is 0 Å². The highest BCUT2D eigenvalue weighted by Crippen LogP contribution is 2.34. The Bertz CT molecular complexity index is 1040. The largest absolute Gasteiger partial charge is 0.369 e. The van der Waals surface area contributed by atoms with Gasteiger partial charge < -0.3 is 15.1 Å². The van der Waals surface area contributed by atoms with Gasteiger partial charge in [-0.25, -0.2) is 4.39 Å². The summed E-state index contributed by atoms with van der Waals surface area (Å²) in [7, 11) is 2.16. The number of carbonyl (C=O) groups is 4. The van der Waals surface area contributed by atoms with E-state index in [1.165, 1.54) is 6.07 Å². The van der Waals surface area contributed by atoms with Gasteiger partial charge in [-0.15, -0.1) is 0 Å². The Kier molecular flexibility index (Phi) is 6.11. The molecule has 5 rings (SSSR count). The lowest BCUT2D eigenvalue weighted by molar-refractivity contribution is -0.136. The standard InChI is InChI=1S/C24H30FN5O4/c1-28(15-4-7-26-8-5-15)12-14-6-9-29(13-14)20-11-17-16(10-18(20)25)23(33)30(24(17)34)19-2-3-21(31)27-22(19)32/h10-11,14-15,19,26H,2-9,12-13H2,1H3,(H,27,31,32)/t14-,19?/m0/s1. The summed E-state index contributed by atoms with van der Waals surface area (Å²) >= 11 is 0. The molecule has 0 saturated carbocycles. The number of hydrogen-bond donors (Lipinski definition) is 2. The molecule has 4 aliphatic rings. The third-order valence-electron chi connectivity index (χ3n) is 7.61. The van der Waals surface area contributed by atoms with Gasteiger partial charge in [-0.3, -0.25) is 29.4 Å². The van der Waals surface area contributed by atoms with Crippen LogP contribution in [0, 0.1) is 11.7 Å². The number of fused-ring (bicyclic) bond motifs is 1. The molecule has 3 saturated heterocycles. The second-order valence-corrected chi connectivity index (χ2v) is 9.82. The highest BCUT2D eigenvalue weighted by molar-refractivity contribution is 6.23. The molecule has 4 amide bonds. The van der Waals surface area contributed by atoms with Gasteiger partial charge in [-0.05, 0) is 63.9 Å². The van der Waals surface area contributed by atoms with E-state index in [1.54, 1.807) is 0 Å². The predicted octanol–water partition coefficient (Wildman–Crippen LogP) is 0.737. The molecule has 0 spiro atoms. The van der Waals surface area contributed by atoms with E-state index in [9.17, 15) is 19.2 Å². The van der Waals surface area contributed by atoms with E-state index in [1.807, 2.05) is 4.90 Å². The van der Waals surface area contributed by atoms with E-state index in [0.717, 1.165) is 49.9 Å². The fraction of sp³-hybridized carbons (Fsp3) is 0.583. The van der Waals surface area contributed by atoms with Crippen LogP contribution in [0.25, 0.3) is 0 Å². The van der Waals surface area contributed by atoms with Crippen molar-refractivity contribution in [3.63, 3.8) is 0 Å². The molecule has 10 heteroatoms. The summed E-state index contributed by atoms with van der Waals surface area (Å²) < 4.78 is 15.1. The van der Waals surface area contributed by atoms with Gasteiger partial charge >= 0.3 is 0 Å². The van der Waals surface area contributed by atoms with E-state index in [2.05, 4.69) is 22.6 Å². The molecule has 2 atom stereocenters. The first-order valence-electron chi connectivity index (χ1n) is 12.0. The van der Waals surface area contributed by atoms with Crippen LogP contribution in [0.3, 0.4) is 0 Å². The van der Waals surface area contributed by atoms with E-state index in [-0.39, 0.29) is 24.0 Å². The molecule has 34 heavy (non-hydrogen) atoms. The molecule has 2 N–H and O–H groups in total. The van der Waals surface area contributed by atoms with E-state index >= 15 is 4.39 Å². The highest BCUT2D eigenvalue weighted by atomic mass is 19.1. The topological polar surface area (TPSA) is 102 Å². The summed E-state index contributed by atoms with van der Waals surface area (Å²) in [5, 5.41) is 5.56. The minimum atomic E-state index is -1.06. The molecule has 3 fully saturated rings. The zero-order valence-corrected chi connectivity index (χ0v) is 19.3. The Morgan fingerprint density at radius 3 is 2.44 bits per heavy atom. The van der Waals surface area contributed by atoms with Gasteiger partial charge in [0.05, 0.1) is 16.8 Å². The lowest BCUT2D eigenvalue weighted by Crippen LogP contribution is -2.54. The summed E-state index contributed by atoms with van der Waals surface area (Å²) in [6, 6.07) is 2.08. The summed E-state index contributed by atoms with van der Waals surface area (Å²) in [4.78, 5) is 54.9. The Labute approximate surface area is 197 Å². The monoisotopic (exact) mass is 471 g/mol. The van der Waals surface area contributed by atoms with Crippen LogP contribution < -0.4 is 15.5 Å². The van der Waals surface area contributed by atoms with Crippen molar-refractivity contribution >= 4 is 29.3 Å². The number of benzene rings is 1. The first kappa shape index (κ1) is 22.9. The molecule has 4 heterocycles. The molecular weight excluding hydrogens is 441 g/mol. The molecule has 0 aromatic heterocycles. The Morgan fingerprint density at radius 1 is 1.03 bits per heavy atom. The molecule has 9 nitrogen and oxygen atoms in total. The normalized spacial score (nSPS) is 26.0. The van der Waals surface area contributed by atoms with Crippen molar-refractivity contribution in [3.8, 4) is 0 Å². The molecule has 4 aliphatic heterocycles. The first-order chi connectivity index (χ1) is 16.3. The van der Waals surface area contributed by atoms with Crippen LogP contribution in [0.4, 0.5) is 10.1 Å². The second kappa shape index (κ2) is 9.07. The zero-order valence-electron chi connectivity index (χ0n) is 19.3. The molecule has 0 bridgehead atoms. The molecular formula is C24H30FN5O4. The number of amides is 4. The third kappa shape index (κ3) is 4.09. The zero-order chi connectivity index (χ0) is 24.0. The smallest absolute Gasteiger partial charge is 0.262 e. The number of carbonyl (C=O) groups excluding carboxylic acids is 4. The Balaban J connectivity index is 1.30. The van der Waals surface area contributed by atoms with Gasteiger partial charge in [-0.2, -0.15) is 0 Å². The number of halogens is 1. The molecule has 182 valence electrons. The van der Waals surface area contributed by atoms with Crippen molar-refractivity contribution in [2.45, 2.75) is 44.2 Å². The lowest BCUT2D eigenvalue weighted by Gasteiger charge is -2.33. The minimum Gasteiger partial charge on any atom is -0.369 e. The van der Waals surface area contributed by atoms with Crippen molar-refractivity contribution < 1.29 is 23.6 Å². The van der Waals surface area contributed by atoms with Crippen molar-refractivity contribution in [2.24, 2.45) is 5.92 Å². The van der Waals surface area contributed by atoms with Gasteiger partial charge in [0.1, 0.15) is 11.9 Å². The van der Waals surface area contributed by atoms with E-state index in [0.29, 0.717) is 30.7 Å². The average molecular weight is 472 g/mol. The minimum absolute atomic E-state index is 0.0302. The molecule has 1 unspecified atom stereocenters. The van der Waals surface area contributed by atoms with E-state index < -0.39 is 35.5 Å². The van der Waals surface area contributed by atoms with Crippen LogP contribution in [0.2, 0.25) is 0 Å². The average Bonchev–Trinajstić information content (AvgIpc) is 3.37. The molecule has 0 aliphatic carbocycles. The van der Waals surface area contributed by atoms with Gasteiger partial charge in [0.25, 0.3) is 11.8 Å². The molecule has 1 aromatic rings. The first-order valence-corrected chi connectivity index (χ1v) is 12.0. The van der Waals surface area contributed by atoms with Crippen molar-refractivity contribution in [1.82, 2.24) is 20.4 Å². The van der Waals surface area contributed by atoms with Gasteiger partial charge in [0.2, 0.25) is 11.8 Å². The number of nitrogens with one attached hydrogen (secondary N) is 2. The predicted molar refractivity (Wildman–Crippen MR) is 122 cm³/mol. The van der Waals surface area contributed by atoms with Crippen molar-refractivity contribution in [3.05, 3.63) is 29.1 Å². The molecule has 1 aromatic carbocycles. The Morgan fingerprint density at radius 2 is 1.74 bits per heavy atom. The van der Waals surface area contributed by atoms with Crippen LogP contribution in [0.1, 0.15) is 52.8 Å². The number of hydrogen-bond acceptors (Lipinski definition) is 7. The van der Waals surface area contributed by atoms with Crippen LogP contribution >= 0.6 is 0 Å². The van der Waals surface area contributed by atoms with Crippen LogP contribution in [0.15, 0.2) is 12.1 Å². The van der Waals surface area contributed by atoms with Gasteiger partial charge in [0, 0.05) is 32.1 Å². The highest BCUT2D eigenvalue weighted by Gasteiger charge is 2.45.